The van der Waals surface area contributed by atoms with E-state index in [0.717, 1.165) is 24.3 Å². The van der Waals surface area contributed by atoms with Crippen LogP contribution in [0.25, 0.3) is 5.52 Å². The van der Waals surface area contributed by atoms with Gasteiger partial charge in [0, 0.05) is 25.5 Å². The highest BCUT2D eigenvalue weighted by Gasteiger charge is 2.22. The number of aromatic nitrogens is 3. The van der Waals surface area contributed by atoms with Crippen LogP contribution < -0.4 is 4.90 Å². The topological polar surface area (TPSA) is 53.7 Å². The van der Waals surface area contributed by atoms with Crippen molar-refractivity contribution in [2.75, 3.05) is 18.0 Å². The molecule has 1 saturated heterocycles. The van der Waals surface area contributed by atoms with Crippen LogP contribution in [0.15, 0.2) is 24.7 Å². The maximum absolute atomic E-state index is 9.49. The molecule has 2 aromatic rings. The highest BCUT2D eigenvalue weighted by Crippen LogP contribution is 2.22. The third-order valence-electron chi connectivity index (χ3n) is 2.77. The summed E-state index contributed by atoms with van der Waals surface area (Å²) in [5.74, 6) is 0.909. The number of rotatable bonds is 1. The molecule has 0 amide bonds. The molecule has 0 spiro atoms. The van der Waals surface area contributed by atoms with Gasteiger partial charge >= 0.3 is 0 Å². The van der Waals surface area contributed by atoms with E-state index >= 15 is 0 Å². The smallest absolute Gasteiger partial charge is 0.154 e. The van der Waals surface area contributed by atoms with Crippen LogP contribution in [-0.4, -0.2) is 38.9 Å². The first-order chi connectivity index (χ1) is 7.34. The van der Waals surface area contributed by atoms with Gasteiger partial charge in [0.05, 0.1) is 12.3 Å². The Morgan fingerprint density at radius 3 is 3.13 bits per heavy atom. The summed E-state index contributed by atoms with van der Waals surface area (Å²) in [5.41, 5.74) is 0.992. The van der Waals surface area contributed by atoms with Crippen molar-refractivity contribution >= 4 is 11.3 Å². The van der Waals surface area contributed by atoms with Crippen LogP contribution >= 0.6 is 0 Å². The second kappa shape index (κ2) is 3.20. The molecule has 1 aliphatic heterocycles. The number of anilines is 1. The van der Waals surface area contributed by atoms with Crippen molar-refractivity contribution < 1.29 is 5.11 Å². The summed E-state index contributed by atoms with van der Waals surface area (Å²) in [6, 6.07) is 1.94. The Labute approximate surface area is 87.0 Å². The zero-order valence-corrected chi connectivity index (χ0v) is 8.24. The van der Waals surface area contributed by atoms with Crippen molar-refractivity contribution in [3.05, 3.63) is 24.7 Å². The molecule has 5 heteroatoms. The molecule has 1 N–H and O–H groups in total. The predicted octanol–water partition coefficient (Wildman–Crippen LogP) is 0.300. The van der Waals surface area contributed by atoms with Gasteiger partial charge in [-0.2, -0.15) is 5.10 Å². The largest absolute Gasteiger partial charge is 0.391 e. The van der Waals surface area contributed by atoms with Gasteiger partial charge in [-0.05, 0) is 12.5 Å². The highest BCUT2D eigenvalue weighted by molar-refractivity contribution is 5.68. The number of hydrogen-bond donors (Lipinski definition) is 1. The van der Waals surface area contributed by atoms with Gasteiger partial charge in [-0.15, -0.1) is 0 Å². The molecule has 1 atom stereocenters. The molecule has 0 aliphatic carbocycles. The maximum Gasteiger partial charge on any atom is 0.154 e. The monoisotopic (exact) mass is 204 g/mol. The van der Waals surface area contributed by atoms with E-state index in [1.54, 1.807) is 16.9 Å². The molecule has 0 radical (unpaired) electrons. The van der Waals surface area contributed by atoms with Crippen molar-refractivity contribution in [3.8, 4) is 0 Å². The Bertz CT molecular complexity index is 481. The first-order valence-corrected chi connectivity index (χ1v) is 5.06. The number of fused-ring (bicyclic) bond motifs is 1. The van der Waals surface area contributed by atoms with Crippen LogP contribution in [0.5, 0.6) is 0 Å². The average Bonchev–Trinajstić information content (AvgIpc) is 2.84. The third-order valence-corrected chi connectivity index (χ3v) is 2.77. The summed E-state index contributed by atoms with van der Waals surface area (Å²) in [6.07, 6.45) is 5.91. The number of aliphatic hydroxyl groups excluding tert-OH is 1. The molecule has 0 unspecified atom stereocenters. The molecule has 15 heavy (non-hydrogen) atoms. The van der Waals surface area contributed by atoms with Crippen molar-refractivity contribution in [1.29, 1.82) is 0 Å². The van der Waals surface area contributed by atoms with E-state index < -0.39 is 0 Å². The fourth-order valence-electron chi connectivity index (χ4n) is 2.02. The Kier molecular flexibility index (Phi) is 1.85. The predicted molar refractivity (Wildman–Crippen MR) is 55.8 cm³/mol. The molecule has 78 valence electrons. The summed E-state index contributed by atoms with van der Waals surface area (Å²) in [7, 11) is 0. The van der Waals surface area contributed by atoms with Gasteiger partial charge < -0.3 is 10.0 Å². The number of nitrogens with zero attached hydrogens (tertiary/aromatic N) is 4. The number of hydrogen-bond acceptors (Lipinski definition) is 4. The zero-order valence-electron chi connectivity index (χ0n) is 8.24. The standard InChI is InChI=1S/C10H12N4O/c15-8-2-5-13(7-8)10-9-1-3-12-14(9)6-4-11-10/h1,3-4,6,8,15H,2,5,7H2/t8-/m1/s1. The average molecular weight is 204 g/mol. The molecule has 1 aliphatic rings. The van der Waals surface area contributed by atoms with Gasteiger partial charge in [-0.1, -0.05) is 0 Å². The van der Waals surface area contributed by atoms with Crippen LogP contribution in [0.4, 0.5) is 5.82 Å². The summed E-state index contributed by atoms with van der Waals surface area (Å²) in [5, 5.41) is 13.6. The normalized spacial score (nSPS) is 21.4. The van der Waals surface area contributed by atoms with E-state index in [2.05, 4.69) is 15.0 Å². The van der Waals surface area contributed by atoms with Crippen molar-refractivity contribution in [1.82, 2.24) is 14.6 Å². The minimum absolute atomic E-state index is 0.227. The van der Waals surface area contributed by atoms with E-state index in [4.69, 9.17) is 0 Å². The fraction of sp³-hybridized carbons (Fsp3) is 0.400. The second-order valence-corrected chi connectivity index (χ2v) is 3.80. The summed E-state index contributed by atoms with van der Waals surface area (Å²) >= 11 is 0. The molecule has 0 bridgehead atoms. The highest BCUT2D eigenvalue weighted by atomic mass is 16.3. The van der Waals surface area contributed by atoms with Crippen LogP contribution in [0, 0.1) is 0 Å². The van der Waals surface area contributed by atoms with E-state index in [0.29, 0.717) is 6.54 Å². The minimum Gasteiger partial charge on any atom is -0.391 e. The molecule has 3 heterocycles. The lowest BCUT2D eigenvalue weighted by Gasteiger charge is -2.16. The molecule has 3 rings (SSSR count). The Morgan fingerprint density at radius 1 is 1.40 bits per heavy atom. The Balaban J connectivity index is 2.06. The van der Waals surface area contributed by atoms with Crippen LogP contribution in [-0.2, 0) is 0 Å². The van der Waals surface area contributed by atoms with Crippen LogP contribution in [0.1, 0.15) is 6.42 Å². The molecule has 0 aromatic carbocycles. The van der Waals surface area contributed by atoms with Crippen molar-refractivity contribution in [2.45, 2.75) is 12.5 Å². The van der Waals surface area contributed by atoms with Gasteiger partial charge in [0.1, 0.15) is 5.52 Å². The summed E-state index contributed by atoms with van der Waals surface area (Å²) in [4.78, 5) is 6.45. The van der Waals surface area contributed by atoms with Crippen molar-refractivity contribution in [2.24, 2.45) is 0 Å². The SMILES string of the molecule is O[C@@H]1CCN(c2nccn3nccc23)C1. The van der Waals surface area contributed by atoms with Crippen LogP contribution in [0.2, 0.25) is 0 Å². The summed E-state index contributed by atoms with van der Waals surface area (Å²) in [6.45, 7) is 1.52. The van der Waals surface area contributed by atoms with E-state index in [9.17, 15) is 5.11 Å². The zero-order chi connectivity index (χ0) is 10.3. The molecular formula is C10H12N4O. The fourth-order valence-corrected chi connectivity index (χ4v) is 2.02. The molecule has 2 aromatic heterocycles. The van der Waals surface area contributed by atoms with E-state index in [-0.39, 0.29) is 6.10 Å². The molecule has 1 fully saturated rings. The van der Waals surface area contributed by atoms with Gasteiger partial charge in [-0.3, -0.25) is 0 Å². The lowest BCUT2D eigenvalue weighted by Crippen LogP contribution is -2.22. The minimum atomic E-state index is -0.227. The number of aliphatic hydroxyl groups is 1. The maximum atomic E-state index is 9.49. The number of β-amino-alcohol motifs (C(OH)–C–C–N with tert-alkyl or cyclic N) is 1. The van der Waals surface area contributed by atoms with Gasteiger partial charge in [-0.25, -0.2) is 9.50 Å². The Morgan fingerprint density at radius 2 is 2.33 bits per heavy atom. The van der Waals surface area contributed by atoms with Gasteiger partial charge in [0.25, 0.3) is 0 Å². The van der Waals surface area contributed by atoms with Gasteiger partial charge in [0.15, 0.2) is 5.82 Å². The summed E-state index contributed by atoms with van der Waals surface area (Å²) < 4.78 is 1.80. The van der Waals surface area contributed by atoms with Gasteiger partial charge in [0.2, 0.25) is 0 Å². The third kappa shape index (κ3) is 1.35. The lowest BCUT2D eigenvalue weighted by molar-refractivity contribution is 0.198. The molecular weight excluding hydrogens is 192 g/mol. The lowest BCUT2D eigenvalue weighted by atomic mass is 10.3. The van der Waals surface area contributed by atoms with Crippen LogP contribution in [0.3, 0.4) is 0 Å². The van der Waals surface area contributed by atoms with E-state index in [1.807, 2.05) is 12.3 Å². The van der Waals surface area contributed by atoms with Crippen molar-refractivity contribution in [3.63, 3.8) is 0 Å². The second-order valence-electron chi connectivity index (χ2n) is 3.80. The molecule has 0 saturated carbocycles. The first-order valence-electron chi connectivity index (χ1n) is 5.06. The molecule has 5 nitrogen and oxygen atoms in total. The Hall–Kier alpha value is -1.62. The van der Waals surface area contributed by atoms with E-state index in [1.165, 1.54) is 0 Å². The quantitative estimate of drug-likeness (QED) is 0.726. The first kappa shape index (κ1) is 8.67.